The summed E-state index contributed by atoms with van der Waals surface area (Å²) < 4.78 is 5.05. The van der Waals surface area contributed by atoms with E-state index < -0.39 is 0 Å². The molecule has 7 heteroatoms. The minimum atomic E-state index is -0.229. The summed E-state index contributed by atoms with van der Waals surface area (Å²) >= 11 is 6.45. The average molecular weight is 410 g/mol. The van der Waals surface area contributed by atoms with Gasteiger partial charge in [-0.15, -0.1) is 0 Å². The normalized spacial score (nSPS) is 13.3. The van der Waals surface area contributed by atoms with Crippen LogP contribution in [0.25, 0.3) is 11.1 Å². The van der Waals surface area contributed by atoms with Gasteiger partial charge in [0.15, 0.2) is 0 Å². The SMILES string of the molecule is Cc1noc(C)c1C(=O)NCc1cncc(-c2cc(Cl)c3c(c2)CCC(=O)C3)c1. The van der Waals surface area contributed by atoms with Gasteiger partial charge in [0.1, 0.15) is 17.1 Å². The number of fused-ring (bicyclic) bond motifs is 1. The van der Waals surface area contributed by atoms with Crippen molar-refractivity contribution in [3.63, 3.8) is 0 Å². The third-order valence-corrected chi connectivity index (χ3v) is 5.51. The minimum absolute atomic E-state index is 0.227. The molecule has 1 N–H and O–H groups in total. The second-order valence-electron chi connectivity index (χ2n) is 7.27. The van der Waals surface area contributed by atoms with Gasteiger partial charge >= 0.3 is 0 Å². The molecule has 3 aromatic rings. The van der Waals surface area contributed by atoms with Crippen molar-refractivity contribution in [2.75, 3.05) is 0 Å². The molecule has 29 heavy (non-hydrogen) atoms. The van der Waals surface area contributed by atoms with E-state index in [1.165, 1.54) is 0 Å². The smallest absolute Gasteiger partial charge is 0.257 e. The molecular formula is C22H20ClN3O3. The first kappa shape index (κ1) is 19.3. The summed E-state index contributed by atoms with van der Waals surface area (Å²) in [6, 6.07) is 5.94. The molecule has 0 aliphatic heterocycles. The van der Waals surface area contributed by atoms with Crippen LogP contribution >= 0.6 is 11.6 Å². The molecule has 148 valence electrons. The number of Topliss-reactive ketones (excluding diaryl/α,β-unsaturated/α-hetero) is 1. The van der Waals surface area contributed by atoms with Crippen molar-refractivity contribution in [1.29, 1.82) is 0 Å². The molecule has 0 saturated carbocycles. The number of hydrogen-bond acceptors (Lipinski definition) is 5. The molecule has 1 aliphatic rings. The summed E-state index contributed by atoms with van der Waals surface area (Å²) in [7, 11) is 0. The summed E-state index contributed by atoms with van der Waals surface area (Å²) in [6.45, 7) is 3.78. The third kappa shape index (κ3) is 3.93. The molecule has 0 atom stereocenters. The van der Waals surface area contributed by atoms with Crippen LogP contribution in [0.3, 0.4) is 0 Å². The fourth-order valence-corrected chi connectivity index (χ4v) is 3.97. The first-order valence-corrected chi connectivity index (χ1v) is 9.78. The maximum atomic E-state index is 12.4. The number of nitrogens with zero attached hydrogens (tertiary/aromatic N) is 2. The first-order valence-electron chi connectivity index (χ1n) is 9.40. The highest BCUT2D eigenvalue weighted by Crippen LogP contribution is 2.32. The Bertz CT molecular complexity index is 1100. The second-order valence-corrected chi connectivity index (χ2v) is 7.68. The molecular weight excluding hydrogens is 390 g/mol. The van der Waals surface area contributed by atoms with E-state index in [1.807, 2.05) is 12.1 Å². The molecule has 0 radical (unpaired) electrons. The summed E-state index contributed by atoms with van der Waals surface area (Å²) in [6.07, 6.45) is 5.16. The fraction of sp³-hybridized carbons (Fsp3) is 0.273. The quantitative estimate of drug-likeness (QED) is 0.704. The number of carbonyl (C=O) groups excluding carboxylic acids is 2. The molecule has 1 aliphatic carbocycles. The number of pyridine rings is 1. The second kappa shape index (κ2) is 7.79. The summed E-state index contributed by atoms with van der Waals surface area (Å²) in [5.74, 6) is 0.493. The highest BCUT2D eigenvalue weighted by atomic mass is 35.5. The molecule has 2 aromatic heterocycles. The lowest BCUT2D eigenvalue weighted by Gasteiger charge is -2.18. The first-order chi connectivity index (χ1) is 13.9. The van der Waals surface area contributed by atoms with Gasteiger partial charge in [-0.25, -0.2) is 0 Å². The van der Waals surface area contributed by atoms with E-state index in [0.29, 0.717) is 47.8 Å². The van der Waals surface area contributed by atoms with Crippen LogP contribution < -0.4 is 5.32 Å². The van der Waals surface area contributed by atoms with Gasteiger partial charge in [0.05, 0.1) is 5.69 Å². The maximum Gasteiger partial charge on any atom is 0.257 e. The molecule has 2 heterocycles. The van der Waals surface area contributed by atoms with Crippen molar-refractivity contribution in [2.45, 2.75) is 39.7 Å². The zero-order chi connectivity index (χ0) is 20.5. The van der Waals surface area contributed by atoms with E-state index in [-0.39, 0.29) is 11.7 Å². The van der Waals surface area contributed by atoms with Crippen molar-refractivity contribution < 1.29 is 14.1 Å². The van der Waals surface area contributed by atoms with Gasteiger partial charge in [-0.2, -0.15) is 0 Å². The van der Waals surface area contributed by atoms with Crippen molar-refractivity contribution in [1.82, 2.24) is 15.5 Å². The summed E-state index contributed by atoms with van der Waals surface area (Å²) in [4.78, 5) is 28.5. The van der Waals surface area contributed by atoms with Crippen LogP contribution in [0.4, 0.5) is 0 Å². The molecule has 0 spiro atoms. The number of benzene rings is 1. The van der Waals surface area contributed by atoms with E-state index in [1.54, 1.807) is 26.2 Å². The Morgan fingerprint density at radius 3 is 2.76 bits per heavy atom. The third-order valence-electron chi connectivity index (χ3n) is 5.18. The Kier molecular flexibility index (Phi) is 5.20. The predicted octanol–water partition coefficient (Wildman–Crippen LogP) is 3.99. The Balaban J connectivity index is 1.54. The molecule has 1 aromatic carbocycles. The number of carbonyl (C=O) groups is 2. The van der Waals surface area contributed by atoms with Crippen LogP contribution in [-0.4, -0.2) is 21.8 Å². The van der Waals surface area contributed by atoms with E-state index >= 15 is 0 Å². The Morgan fingerprint density at radius 1 is 1.17 bits per heavy atom. The summed E-state index contributed by atoms with van der Waals surface area (Å²) in [5, 5.41) is 7.31. The number of aryl methyl sites for hydroxylation is 3. The van der Waals surface area contributed by atoms with Crippen molar-refractivity contribution >= 4 is 23.3 Å². The number of aromatic nitrogens is 2. The molecule has 6 nitrogen and oxygen atoms in total. The number of hydrogen-bond donors (Lipinski definition) is 1. The highest BCUT2D eigenvalue weighted by molar-refractivity contribution is 6.32. The maximum absolute atomic E-state index is 12.4. The largest absolute Gasteiger partial charge is 0.361 e. The molecule has 0 unspecified atom stereocenters. The van der Waals surface area contributed by atoms with Gasteiger partial charge in [0.25, 0.3) is 5.91 Å². The molecule has 0 fully saturated rings. The monoisotopic (exact) mass is 409 g/mol. The molecule has 4 rings (SSSR count). The van der Waals surface area contributed by atoms with Crippen LogP contribution in [0.2, 0.25) is 5.02 Å². The van der Waals surface area contributed by atoms with Crippen LogP contribution in [0.1, 0.15) is 44.9 Å². The highest BCUT2D eigenvalue weighted by Gasteiger charge is 2.20. The van der Waals surface area contributed by atoms with E-state index in [2.05, 4.69) is 21.5 Å². The topological polar surface area (TPSA) is 85.1 Å². The van der Waals surface area contributed by atoms with Gasteiger partial charge in [0.2, 0.25) is 0 Å². The van der Waals surface area contributed by atoms with Gasteiger partial charge in [-0.05, 0) is 54.7 Å². The lowest BCUT2D eigenvalue weighted by atomic mass is 9.88. The van der Waals surface area contributed by atoms with E-state index in [4.69, 9.17) is 16.1 Å². The van der Waals surface area contributed by atoms with Crippen LogP contribution in [0, 0.1) is 13.8 Å². The predicted molar refractivity (Wildman–Crippen MR) is 109 cm³/mol. The van der Waals surface area contributed by atoms with Gasteiger partial charge in [0, 0.05) is 42.4 Å². The summed E-state index contributed by atoms with van der Waals surface area (Å²) in [5.41, 5.74) is 5.81. The molecule has 1 amide bonds. The van der Waals surface area contributed by atoms with Gasteiger partial charge in [-0.1, -0.05) is 22.8 Å². The number of amides is 1. The average Bonchev–Trinajstić information content (AvgIpc) is 3.05. The van der Waals surface area contributed by atoms with Crippen LogP contribution in [0.5, 0.6) is 0 Å². The Morgan fingerprint density at radius 2 is 2.00 bits per heavy atom. The number of nitrogens with one attached hydrogen (secondary N) is 1. The fourth-order valence-electron chi connectivity index (χ4n) is 3.66. The van der Waals surface area contributed by atoms with Crippen molar-refractivity contribution in [3.8, 4) is 11.1 Å². The lowest BCUT2D eigenvalue weighted by molar-refractivity contribution is -0.118. The van der Waals surface area contributed by atoms with Gasteiger partial charge < -0.3 is 9.84 Å². The standard InChI is InChI=1S/C22H20ClN3O3/c1-12-21(13(2)29-26-12)22(28)25-10-14-5-17(11-24-9-14)16-6-15-3-4-18(27)8-19(15)20(23)7-16/h5-7,9,11H,3-4,8,10H2,1-2H3,(H,25,28). The van der Waals surface area contributed by atoms with Crippen molar-refractivity contribution in [3.05, 3.63) is 69.3 Å². The number of ketones is 1. The lowest BCUT2D eigenvalue weighted by Crippen LogP contribution is -2.23. The molecule has 0 saturated heterocycles. The Labute approximate surface area is 173 Å². The van der Waals surface area contributed by atoms with Crippen molar-refractivity contribution in [2.24, 2.45) is 0 Å². The van der Waals surface area contributed by atoms with Crippen LogP contribution in [0.15, 0.2) is 35.1 Å². The Hall–Kier alpha value is -2.99. The van der Waals surface area contributed by atoms with Gasteiger partial charge in [-0.3, -0.25) is 14.6 Å². The van der Waals surface area contributed by atoms with E-state index in [9.17, 15) is 9.59 Å². The minimum Gasteiger partial charge on any atom is -0.361 e. The number of halogens is 1. The van der Waals surface area contributed by atoms with Crippen LogP contribution in [-0.2, 0) is 24.2 Å². The van der Waals surface area contributed by atoms with E-state index in [0.717, 1.165) is 27.8 Å². The zero-order valence-corrected chi connectivity index (χ0v) is 17.0. The zero-order valence-electron chi connectivity index (χ0n) is 16.2. The molecule has 0 bridgehead atoms. The number of rotatable bonds is 4.